The Hall–Kier alpha value is -1.26. The standard InChI is InChI=1S/C19H22BrO4P/c1-3-23-25(22,24-4-2)19(16-10-12-17(20)13-11-16)14-18(21)15-8-6-5-7-9-15/h5-13,19H,3-4,14H2,1-2H3. The maximum Gasteiger partial charge on any atom is 0.338 e. The van der Waals surface area contributed by atoms with Gasteiger partial charge in [-0.1, -0.05) is 58.4 Å². The Morgan fingerprint density at radius 3 is 2.08 bits per heavy atom. The zero-order chi connectivity index (χ0) is 18.3. The number of halogens is 1. The van der Waals surface area contributed by atoms with Crippen molar-refractivity contribution < 1.29 is 18.4 Å². The molecule has 2 aromatic carbocycles. The largest absolute Gasteiger partial charge is 0.338 e. The smallest absolute Gasteiger partial charge is 0.308 e. The van der Waals surface area contributed by atoms with Gasteiger partial charge in [-0.2, -0.15) is 0 Å². The van der Waals surface area contributed by atoms with Crippen LogP contribution in [0.4, 0.5) is 0 Å². The quantitative estimate of drug-likeness (QED) is 0.364. The average Bonchev–Trinajstić information content (AvgIpc) is 2.61. The van der Waals surface area contributed by atoms with E-state index in [0.717, 1.165) is 10.0 Å². The molecule has 134 valence electrons. The number of carbonyl (C=O) groups excluding carboxylic acids is 1. The van der Waals surface area contributed by atoms with Crippen LogP contribution in [0.2, 0.25) is 0 Å². The summed E-state index contributed by atoms with van der Waals surface area (Å²) in [6.45, 7) is 4.04. The molecule has 0 bridgehead atoms. The molecular weight excluding hydrogens is 403 g/mol. The minimum absolute atomic E-state index is 0.0585. The molecule has 0 amide bonds. The summed E-state index contributed by atoms with van der Waals surface area (Å²) in [5.74, 6) is -0.0897. The van der Waals surface area contributed by atoms with Crippen molar-refractivity contribution in [3.8, 4) is 0 Å². The number of ketones is 1. The summed E-state index contributed by atoms with van der Waals surface area (Å²) in [6.07, 6.45) is 0.0585. The predicted molar refractivity (Wildman–Crippen MR) is 103 cm³/mol. The van der Waals surface area contributed by atoms with Crippen LogP contribution in [0.5, 0.6) is 0 Å². The van der Waals surface area contributed by atoms with Crippen LogP contribution in [0.15, 0.2) is 59.1 Å². The van der Waals surface area contributed by atoms with Crippen LogP contribution in [0.25, 0.3) is 0 Å². The van der Waals surface area contributed by atoms with Crippen LogP contribution >= 0.6 is 23.5 Å². The first kappa shape index (κ1) is 20.1. The lowest BCUT2D eigenvalue weighted by atomic mass is 10.0. The fourth-order valence-electron chi connectivity index (χ4n) is 2.59. The predicted octanol–water partition coefficient (Wildman–Crippen LogP) is 6.03. The molecule has 2 aromatic rings. The lowest BCUT2D eigenvalue weighted by Crippen LogP contribution is -2.12. The molecule has 0 heterocycles. The molecule has 0 spiro atoms. The number of hydrogen-bond acceptors (Lipinski definition) is 4. The molecular formula is C19H22BrO4P. The SMILES string of the molecule is CCOP(=O)(OCC)C(CC(=O)c1ccccc1)c1ccc(Br)cc1. The molecule has 0 saturated heterocycles. The molecule has 6 heteroatoms. The fraction of sp³-hybridized carbons (Fsp3) is 0.316. The van der Waals surface area contributed by atoms with Gasteiger partial charge in [-0.05, 0) is 31.5 Å². The monoisotopic (exact) mass is 424 g/mol. The molecule has 2 rings (SSSR count). The molecule has 25 heavy (non-hydrogen) atoms. The molecule has 0 saturated carbocycles. The maximum atomic E-state index is 13.4. The summed E-state index contributed by atoms with van der Waals surface area (Å²) >= 11 is 3.40. The average molecular weight is 425 g/mol. The van der Waals surface area contributed by atoms with E-state index in [0.29, 0.717) is 5.56 Å². The lowest BCUT2D eigenvalue weighted by Gasteiger charge is -2.26. The van der Waals surface area contributed by atoms with Crippen molar-refractivity contribution in [2.75, 3.05) is 13.2 Å². The molecule has 1 unspecified atom stereocenters. The summed E-state index contributed by atoms with van der Waals surface area (Å²) in [5.41, 5.74) is 0.704. The molecule has 0 radical (unpaired) electrons. The first-order valence-electron chi connectivity index (χ1n) is 8.22. The molecule has 0 aromatic heterocycles. The van der Waals surface area contributed by atoms with Gasteiger partial charge in [-0.15, -0.1) is 0 Å². The van der Waals surface area contributed by atoms with Crippen LogP contribution in [0.3, 0.4) is 0 Å². The summed E-state index contributed by atoms with van der Waals surface area (Å²) in [4.78, 5) is 12.7. The van der Waals surface area contributed by atoms with Crippen LogP contribution < -0.4 is 0 Å². The molecule has 4 nitrogen and oxygen atoms in total. The Labute approximate surface area is 157 Å². The Morgan fingerprint density at radius 2 is 1.56 bits per heavy atom. The topological polar surface area (TPSA) is 52.6 Å². The summed E-state index contributed by atoms with van der Waals surface area (Å²) in [7, 11) is -3.48. The van der Waals surface area contributed by atoms with Gasteiger partial charge in [0.15, 0.2) is 5.78 Å². The summed E-state index contributed by atoms with van der Waals surface area (Å²) in [6, 6.07) is 16.4. The van der Waals surface area contributed by atoms with E-state index in [4.69, 9.17) is 9.05 Å². The fourth-order valence-corrected chi connectivity index (χ4v) is 4.94. The van der Waals surface area contributed by atoms with Gasteiger partial charge in [0.25, 0.3) is 0 Å². The van der Waals surface area contributed by atoms with Gasteiger partial charge in [0.1, 0.15) is 0 Å². The van der Waals surface area contributed by atoms with Crippen LogP contribution in [-0.2, 0) is 13.6 Å². The van der Waals surface area contributed by atoms with Crippen LogP contribution in [0.1, 0.15) is 41.8 Å². The molecule has 0 N–H and O–H groups in total. The second-order valence-corrected chi connectivity index (χ2v) is 8.57. The zero-order valence-corrected chi connectivity index (χ0v) is 16.8. The van der Waals surface area contributed by atoms with Crippen LogP contribution in [-0.4, -0.2) is 19.0 Å². The van der Waals surface area contributed by atoms with Crippen molar-refractivity contribution in [2.45, 2.75) is 25.9 Å². The van der Waals surface area contributed by atoms with Gasteiger partial charge >= 0.3 is 7.60 Å². The van der Waals surface area contributed by atoms with E-state index in [9.17, 15) is 9.36 Å². The maximum absolute atomic E-state index is 13.4. The van der Waals surface area contributed by atoms with E-state index in [1.165, 1.54) is 0 Å². The third kappa shape index (κ3) is 5.35. The van der Waals surface area contributed by atoms with Crippen molar-refractivity contribution >= 4 is 29.3 Å². The number of Topliss-reactive ketones (excluding diaryl/α,β-unsaturated/α-hetero) is 1. The Bertz CT molecular complexity index is 721. The zero-order valence-electron chi connectivity index (χ0n) is 14.4. The van der Waals surface area contributed by atoms with Gasteiger partial charge in [0, 0.05) is 16.5 Å². The van der Waals surface area contributed by atoms with Gasteiger partial charge in [0.2, 0.25) is 0 Å². The minimum Gasteiger partial charge on any atom is -0.308 e. The van der Waals surface area contributed by atoms with Gasteiger partial charge < -0.3 is 9.05 Å². The highest BCUT2D eigenvalue weighted by Crippen LogP contribution is 2.62. The number of rotatable bonds is 9. The van der Waals surface area contributed by atoms with Gasteiger partial charge in [0.05, 0.1) is 18.9 Å². The van der Waals surface area contributed by atoms with Gasteiger partial charge in [-0.3, -0.25) is 9.36 Å². The second-order valence-electron chi connectivity index (χ2n) is 5.44. The summed E-state index contributed by atoms with van der Waals surface area (Å²) < 4.78 is 25.3. The molecule has 0 fully saturated rings. The number of benzene rings is 2. The highest BCUT2D eigenvalue weighted by Gasteiger charge is 2.38. The van der Waals surface area contributed by atoms with Crippen molar-refractivity contribution in [2.24, 2.45) is 0 Å². The Kier molecular flexibility index (Phi) is 7.57. The summed E-state index contributed by atoms with van der Waals surface area (Å²) in [5, 5.41) is 0. The normalized spacial score (nSPS) is 12.8. The first-order chi connectivity index (χ1) is 12.0. The lowest BCUT2D eigenvalue weighted by molar-refractivity contribution is 0.0973. The third-order valence-corrected chi connectivity index (χ3v) is 6.74. The second kappa shape index (κ2) is 9.44. The number of carbonyl (C=O) groups is 1. The highest BCUT2D eigenvalue weighted by molar-refractivity contribution is 9.10. The Morgan fingerprint density at radius 1 is 1.00 bits per heavy atom. The number of hydrogen-bond donors (Lipinski definition) is 0. The van der Waals surface area contributed by atoms with Crippen molar-refractivity contribution in [3.63, 3.8) is 0 Å². The van der Waals surface area contributed by atoms with E-state index in [1.807, 2.05) is 42.5 Å². The van der Waals surface area contributed by atoms with E-state index in [1.54, 1.807) is 26.0 Å². The molecule has 0 aliphatic heterocycles. The van der Waals surface area contributed by atoms with E-state index < -0.39 is 13.3 Å². The van der Waals surface area contributed by atoms with Crippen molar-refractivity contribution in [1.29, 1.82) is 0 Å². The highest BCUT2D eigenvalue weighted by atomic mass is 79.9. The van der Waals surface area contributed by atoms with Crippen molar-refractivity contribution in [1.82, 2.24) is 0 Å². The minimum atomic E-state index is -3.48. The van der Waals surface area contributed by atoms with Crippen molar-refractivity contribution in [3.05, 3.63) is 70.2 Å². The van der Waals surface area contributed by atoms with E-state index in [-0.39, 0.29) is 25.4 Å². The van der Waals surface area contributed by atoms with E-state index >= 15 is 0 Å². The van der Waals surface area contributed by atoms with Crippen LogP contribution in [0, 0.1) is 0 Å². The Balaban J connectivity index is 2.39. The van der Waals surface area contributed by atoms with Gasteiger partial charge in [-0.25, -0.2) is 0 Å². The molecule has 0 aliphatic rings. The third-order valence-electron chi connectivity index (χ3n) is 3.73. The molecule has 1 atom stereocenters. The molecule has 0 aliphatic carbocycles. The first-order valence-corrected chi connectivity index (χ1v) is 10.6. The van der Waals surface area contributed by atoms with E-state index in [2.05, 4.69) is 15.9 Å².